The average Bonchev–Trinajstić information content (AvgIpc) is 2.37. The highest BCUT2D eigenvalue weighted by Gasteiger charge is 2.11. The molecule has 2 N–H and O–H groups in total. The summed E-state index contributed by atoms with van der Waals surface area (Å²) in [7, 11) is 3.39. The van der Waals surface area contributed by atoms with Gasteiger partial charge in [0.25, 0.3) is 5.91 Å². The summed E-state index contributed by atoms with van der Waals surface area (Å²) in [4.78, 5) is 13.0. The normalized spacial score (nSPS) is 12.1. The number of amides is 1. The Labute approximate surface area is 119 Å². The van der Waals surface area contributed by atoms with Crippen molar-refractivity contribution < 1.29 is 9.53 Å². The smallest absolute Gasteiger partial charge is 0.259 e. The number of ether oxygens (including phenoxy) is 1. The second-order valence-electron chi connectivity index (χ2n) is 4.70. The lowest BCUT2D eigenvalue weighted by atomic mass is 10.0. The van der Waals surface area contributed by atoms with Crippen molar-refractivity contribution in [3.05, 3.63) is 28.8 Å². The van der Waals surface area contributed by atoms with Gasteiger partial charge in [0.2, 0.25) is 0 Å². The first kappa shape index (κ1) is 15.8. The third-order valence-corrected chi connectivity index (χ3v) is 3.11. The van der Waals surface area contributed by atoms with Crippen LogP contribution in [0.25, 0.3) is 0 Å². The van der Waals surface area contributed by atoms with Gasteiger partial charge in [-0.05, 0) is 36.6 Å². The fourth-order valence-corrected chi connectivity index (χ4v) is 1.74. The van der Waals surface area contributed by atoms with Gasteiger partial charge in [0.15, 0.2) is 6.61 Å². The first-order valence-corrected chi connectivity index (χ1v) is 6.68. The standard InChI is InChI=1S/C14H21ClN2O2/c1-4-12(16)8-10-7-11(15)5-6-13(10)19-9-14(18)17(2)3/h5-7,12H,4,8-9,16H2,1-3H3. The Morgan fingerprint density at radius 3 is 2.74 bits per heavy atom. The molecule has 106 valence electrons. The molecule has 4 nitrogen and oxygen atoms in total. The molecule has 0 heterocycles. The molecule has 0 aliphatic carbocycles. The first-order chi connectivity index (χ1) is 8.93. The van der Waals surface area contributed by atoms with E-state index in [0.29, 0.717) is 17.2 Å². The van der Waals surface area contributed by atoms with Gasteiger partial charge in [0.1, 0.15) is 5.75 Å². The lowest BCUT2D eigenvalue weighted by Gasteiger charge is -2.16. The summed E-state index contributed by atoms with van der Waals surface area (Å²) in [5.74, 6) is 0.587. The molecule has 0 aliphatic rings. The Bertz CT molecular complexity index is 435. The summed E-state index contributed by atoms with van der Waals surface area (Å²) in [6.45, 7) is 2.05. The number of carbonyl (C=O) groups excluding carboxylic acids is 1. The molecule has 0 aliphatic heterocycles. The van der Waals surface area contributed by atoms with Crippen molar-refractivity contribution in [3.63, 3.8) is 0 Å². The van der Waals surface area contributed by atoms with Gasteiger partial charge in [-0.25, -0.2) is 0 Å². The van der Waals surface area contributed by atoms with Crippen LogP contribution in [0.5, 0.6) is 5.75 Å². The van der Waals surface area contributed by atoms with Crippen molar-refractivity contribution in [2.24, 2.45) is 5.73 Å². The highest BCUT2D eigenvalue weighted by molar-refractivity contribution is 6.30. The number of likely N-dealkylation sites (N-methyl/N-ethyl adjacent to an activating group) is 1. The van der Waals surface area contributed by atoms with E-state index >= 15 is 0 Å². The molecule has 0 radical (unpaired) electrons. The molecular weight excluding hydrogens is 264 g/mol. The van der Waals surface area contributed by atoms with Crippen LogP contribution < -0.4 is 10.5 Å². The summed E-state index contributed by atoms with van der Waals surface area (Å²) >= 11 is 5.99. The van der Waals surface area contributed by atoms with Gasteiger partial charge >= 0.3 is 0 Å². The molecule has 0 spiro atoms. The third kappa shape index (κ3) is 5.09. The molecule has 0 fully saturated rings. The Kier molecular flexibility index (Phi) is 6.12. The number of rotatable bonds is 6. The predicted molar refractivity (Wildman–Crippen MR) is 77.6 cm³/mol. The van der Waals surface area contributed by atoms with E-state index < -0.39 is 0 Å². The minimum absolute atomic E-state index is 0.0169. The van der Waals surface area contributed by atoms with Gasteiger partial charge in [-0.2, -0.15) is 0 Å². The van der Waals surface area contributed by atoms with Crippen LogP contribution in [0.4, 0.5) is 0 Å². The molecule has 1 unspecified atom stereocenters. The first-order valence-electron chi connectivity index (χ1n) is 6.31. The van der Waals surface area contributed by atoms with Crippen molar-refractivity contribution in [2.75, 3.05) is 20.7 Å². The second kappa shape index (κ2) is 7.36. The van der Waals surface area contributed by atoms with E-state index in [-0.39, 0.29) is 18.6 Å². The largest absolute Gasteiger partial charge is 0.483 e. The van der Waals surface area contributed by atoms with Crippen LogP contribution in [0.2, 0.25) is 5.02 Å². The van der Waals surface area contributed by atoms with E-state index in [1.54, 1.807) is 26.2 Å². The van der Waals surface area contributed by atoms with E-state index in [4.69, 9.17) is 22.1 Å². The maximum Gasteiger partial charge on any atom is 0.259 e. The zero-order valence-corrected chi connectivity index (χ0v) is 12.4. The molecular formula is C14H21ClN2O2. The van der Waals surface area contributed by atoms with Gasteiger partial charge < -0.3 is 15.4 Å². The highest BCUT2D eigenvalue weighted by atomic mass is 35.5. The molecule has 0 saturated carbocycles. The minimum Gasteiger partial charge on any atom is -0.483 e. The molecule has 1 amide bonds. The number of carbonyl (C=O) groups is 1. The molecule has 1 aromatic carbocycles. The number of nitrogens with zero attached hydrogens (tertiary/aromatic N) is 1. The lowest BCUT2D eigenvalue weighted by molar-refractivity contribution is -0.130. The quantitative estimate of drug-likeness (QED) is 0.870. The Balaban J connectivity index is 2.78. The van der Waals surface area contributed by atoms with Crippen LogP contribution in [0.1, 0.15) is 18.9 Å². The van der Waals surface area contributed by atoms with Crippen molar-refractivity contribution in [1.29, 1.82) is 0 Å². The van der Waals surface area contributed by atoms with E-state index in [1.165, 1.54) is 4.90 Å². The van der Waals surface area contributed by atoms with Crippen LogP contribution in [0, 0.1) is 0 Å². The van der Waals surface area contributed by atoms with E-state index in [9.17, 15) is 4.79 Å². The summed E-state index contributed by atoms with van der Waals surface area (Å²) < 4.78 is 5.56. The number of hydrogen-bond donors (Lipinski definition) is 1. The minimum atomic E-state index is -0.0827. The van der Waals surface area contributed by atoms with Crippen LogP contribution in [0.3, 0.4) is 0 Å². The SMILES string of the molecule is CCC(N)Cc1cc(Cl)ccc1OCC(=O)N(C)C. The van der Waals surface area contributed by atoms with E-state index in [1.807, 2.05) is 13.0 Å². The van der Waals surface area contributed by atoms with Gasteiger partial charge in [-0.15, -0.1) is 0 Å². The Hall–Kier alpha value is -1.26. The van der Waals surface area contributed by atoms with Crippen molar-refractivity contribution in [1.82, 2.24) is 4.90 Å². The molecule has 0 saturated heterocycles. The summed E-state index contributed by atoms with van der Waals surface area (Å²) in [5, 5.41) is 0.643. The highest BCUT2D eigenvalue weighted by Crippen LogP contribution is 2.24. The molecule has 0 bridgehead atoms. The van der Waals surface area contributed by atoms with Crippen molar-refractivity contribution in [2.45, 2.75) is 25.8 Å². The van der Waals surface area contributed by atoms with Crippen LogP contribution in [0.15, 0.2) is 18.2 Å². The summed E-state index contributed by atoms with van der Waals surface area (Å²) in [6.07, 6.45) is 1.56. The maximum atomic E-state index is 11.5. The number of hydrogen-bond acceptors (Lipinski definition) is 3. The molecule has 1 atom stereocenters. The van der Waals surface area contributed by atoms with Gasteiger partial charge in [0, 0.05) is 25.2 Å². The monoisotopic (exact) mass is 284 g/mol. The topological polar surface area (TPSA) is 55.6 Å². The second-order valence-corrected chi connectivity index (χ2v) is 5.14. The molecule has 0 aromatic heterocycles. The van der Waals surface area contributed by atoms with Crippen molar-refractivity contribution >= 4 is 17.5 Å². The van der Waals surface area contributed by atoms with E-state index in [0.717, 1.165) is 12.0 Å². The summed E-state index contributed by atoms with van der Waals surface area (Å²) in [6, 6.07) is 5.43. The molecule has 19 heavy (non-hydrogen) atoms. The predicted octanol–water partition coefficient (Wildman–Crippen LogP) is 2.09. The molecule has 1 rings (SSSR count). The Morgan fingerprint density at radius 2 is 2.16 bits per heavy atom. The maximum absolute atomic E-state index is 11.5. The third-order valence-electron chi connectivity index (χ3n) is 2.88. The van der Waals surface area contributed by atoms with Crippen LogP contribution >= 0.6 is 11.6 Å². The van der Waals surface area contributed by atoms with Crippen LogP contribution in [-0.2, 0) is 11.2 Å². The number of nitrogens with two attached hydrogens (primary N) is 1. The Morgan fingerprint density at radius 1 is 1.47 bits per heavy atom. The molecule has 1 aromatic rings. The zero-order valence-electron chi connectivity index (χ0n) is 11.6. The van der Waals surface area contributed by atoms with Crippen molar-refractivity contribution in [3.8, 4) is 5.75 Å². The summed E-state index contributed by atoms with van der Waals surface area (Å²) in [5.41, 5.74) is 6.89. The zero-order chi connectivity index (χ0) is 14.4. The fraction of sp³-hybridized carbons (Fsp3) is 0.500. The van der Waals surface area contributed by atoms with Gasteiger partial charge in [0.05, 0.1) is 0 Å². The molecule has 5 heteroatoms. The van der Waals surface area contributed by atoms with Gasteiger partial charge in [-0.1, -0.05) is 18.5 Å². The number of benzene rings is 1. The lowest BCUT2D eigenvalue weighted by Crippen LogP contribution is -2.28. The van der Waals surface area contributed by atoms with E-state index in [2.05, 4.69) is 0 Å². The fourth-order valence-electron chi connectivity index (χ4n) is 1.54. The van der Waals surface area contributed by atoms with Crippen LogP contribution in [-0.4, -0.2) is 37.6 Å². The number of halogens is 1. The average molecular weight is 285 g/mol. The van der Waals surface area contributed by atoms with Gasteiger partial charge in [-0.3, -0.25) is 4.79 Å².